The van der Waals surface area contributed by atoms with Crippen LogP contribution in [-0.4, -0.2) is 33.3 Å². The van der Waals surface area contributed by atoms with E-state index >= 15 is 0 Å². The number of hydrogen-bond acceptors (Lipinski definition) is 4. The number of carbonyl (C=O) groups is 2. The summed E-state index contributed by atoms with van der Waals surface area (Å²) in [6, 6.07) is 0. The zero-order valence-electron chi connectivity index (χ0n) is 10.8. The molecule has 4 nitrogen and oxygen atoms in total. The van der Waals surface area contributed by atoms with Gasteiger partial charge in [-0.1, -0.05) is 20.8 Å². The highest BCUT2D eigenvalue weighted by Crippen LogP contribution is 2.22. The highest BCUT2D eigenvalue weighted by molar-refractivity contribution is 7.96. The molecule has 0 fully saturated rings. The van der Waals surface area contributed by atoms with Crippen molar-refractivity contribution in [2.24, 2.45) is 17.8 Å². The van der Waals surface area contributed by atoms with Gasteiger partial charge in [-0.3, -0.25) is 9.59 Å². The number of ketones is 1. The highest BCUT2D eigenvalue weighted by Gasteiger charge is 2.33. The molecule has 17 heavy (non-hydrogen) atoms. The molecule has 0 radical (unpaired) electrons. The average Bonchev–Trinajstić information content (AvgIpc) is 2.32. The van der Waals surface area contributed by atoms with Gasteiger partial charge in [0.2, 0.25) is 0 Å². The molecular weight excluding hydrogens is 240 g/mol. The summed E-state index contributed by atoms with van der Waals surface area (Å²) in [6.45, 7) is 6.54. The lowest BCUT2D eigenvalue weighted by Crippen LogP contribution is -2.39. The van der Waals surface area contributed by atoms with Crippen LogP contribution in [0.2, 0.25) is 0 Å². The Bertz CT molecular complexity index is 280. The maximum Gasteiger partial charge on any atom is 0.196 e. The molecule has 2 N–H and O–H groups in total. The van der Waals surface area contributed by atoms with Crippen molar-refractivity contribution in [3.05, 3.63) is 0 Å². The lowest BCUT2D eigenvalue weighted by atomic mass is 9.83. The van der Waals surface area contributed by atoms with E-state index in [1.54, 1.807) is 20.8 Å². The van der Waals surface area contributed by atoms with Crippen LogP contribution in [0.25, 0.3) is 0 Å². The van der Waals surface area contributed by atoms with Crippen molar-refractivity contribution in [2.45, 2.75) is 46.3 Å². The van der Waals surface area contributed by atoms with Crippen LogP contribution < -0.4 is 0 Å². The van der Waals surface area contributed by atoms with Crippen molar-refractivity contribution in [1.29, 1.82) is 0 Å². The Balaban J connectivity index is 4.64. The molecule has 5 heteroatoms. The van der Waals surface area contributed by atoms with Crippen LogP contribution in [0.5, 0.6) is 0 Å². The van der Waals surface area contributed by atoms with E-state index in [1.165, 1.54) is 6.92 Å². The van der Waals surface area contributed by atoms with Crippen molar-refractivity contribution in [3.8, 4) is 0 Å². The largest absolute Gasteiger partial charge is 0.393 e. The Hall–Kier alpha value is -0.390. The van der Waals surface area contributed by atoms with Crippen LogP contribution in [0.3, 0.4) is 0 Å². The van der Waals surface area contributed by atoms with E-state index in [1.807, 2.05) is 0 Å². The number of rotatable bonds is 7. The maximum atomic E-state index is 11.8. The smallest absolute Gasteiger partial charge is 0.196 e. The maximum absolute atomic E-state index is 11.8. The highest BCUT2D eigenvalue weighted by atomic mass is 32.1. The van der Waals surface area contributed by atoms with Crippen molar-refractivity contribution in [2.75, 3.05) is 0 Å². The first-order valence-corrected chi connectivity index (χ1v) is 6.31. The van der Waals surface area contributed by atoms with Gasteiger partial charge in [-0.2, -0.15) is 0 Å². The number of thiol groups is 1. The van der Waals surface area contributed by atoms with Crippen molar-refractivity contribution in [3.63, 3.8) is 0 Å². The van der Waals surface area contributed by atoms with E-state index < -0.39 is 35.1 Å². The van der Waals surface area contributed by atoms with Gasteiger partial charge in [0.25, 0.3) is 0 Å². The second-order valence-electron chi connectivity index (χ2n) is 4.58. The zero-order valence-corrected chi connectivity index (χ0v) is 11.6. The van der Waals surface area contributed by atoms with Gasteiger partial charge >= 0.3 is 0 Å². The van der Waals surface area contributed by atoms with E-state index in [2.05, 4.69) is 12.6 Å². The van der Waals surface area contributed by atoms with E-state index in [-0.39, 0.29) is 5.78 Å². The molecule has 0 aliphatic rings. The third kappa shape index (κ3) is 4.41. The number of aliphatic hydroxyl groups is 2. The van der Waals surface area contributed by atoms with Crippen LogP contribution >= 0.6 is 12.6 Å². The first-order valence-electron chi connectivity index (χ1n) is 5.86. The molecule has 0 rings (SSSR count). The first-order chi connectivity index (χ1) is 7.73. The standard InChI is InChI=1S/C12H22O4S/c1-5-9(13)6(2)10(14)7(3)11(15)8(4)12(16)17/h6-10,13-14H,5H2,1-4H3,(H,16,17)/t6-,7+,8-,9+,10-/m0/s1. The normalized spacial score (nSPS) is 20.2. The predicted octanol–water partition coefficient (Wildman–Crippen LogP) is 1.05. The lowest BCUT2D eigenvalue weighted by molar-refractivity contribution is -0.135. The number of aliphatic hydroxyl groups excluding tert-OH is 2. The fourth-order valence-corrected chi connectivity index (χ4v) is 1.87. The molecule has 0 bridgehead atoms. The minimum Gasteiger partial charge on any atom is -0.393 e. The Morgan fingerprint density at radius 3 is 2.00 bits per heavy atom. The fraction of sp³-hybridized carbons (Fsp3) is 0.833. The van der Waals surface area contributed by atoms with Gasteiger partial charge in [0.05, 0.1) is 18.1 Å². The van der Waals surface area contributed by atoms with E-state index in [9.17, 15) is 19.8 Å². The molecule has 0 aliphatic carbocycles. The van der Waals surface area contributed by atoms with Gasteiger partial charge in [-0.25, -0.2) is 0 Å². The summed E-state index contributed by atoms with van der Waals surface area (Å²) < 4.78 is 0. The van der Waals surface area contributed by atoms with E-state index in [4.69, 9.17) is 0 Å². The van der Waals surface area contributed by atoms with E-state index in [0.29, 0.717) is 6.42 Å². The number of Topliss-reactive ketones (excluding diaryl/α,β-unsaturated/α-hetero) is 1. The Labute approximate surface area is 108 Å². The molecule has 100 valence electrons. The summed E-state index contributed by atoms with van der Waals surface area (Å²) in [5.41, 5.74) is 0. The molecule has 0 amide bonds. The van der Waals surface area contributed by atoms with Crippen LogP contribution in [0.4, 0.5) is 0 Å². The topological polar surface area (TPSA) is 74.6 Å². The van der Waals surface area contributed by atoms with Gasteiger partial charge in [0, 0.05) is 11.8 Å². The molecule has 0 saturated carbocycles. The summed E-state index contributed by atoms with van der Waals surface area (Å²) in [6.07, 6.45) is -1.09. The average molecular weight is 262 g/mol. The molecular formula is C12H22O4S. The third-order valence-corrected chi connectivity index (χ3v) is 3.71. The summed E-state index contributed by atoms with van der Waals surface area (Å²) in [7, 11) is 0. The van der Waals surface area contributed by atoms with Crippen molar-refractivity contribution in [1.82, 2.24) is 0 Å². The molecule has 5 atom stereocenters. The summed E-state index contributed by atoms with van der Waals surface area (Å²) in [5.74, 6) is -2.25. The third-order valence-electron chi connectivity index (χ3n) is 3.32. The quantitative estimate of drug-likeness (QED) is 0.473. The number of carbonyl (C=O) groups excluding carboxylic acids is 2. The molecule has 0 heterocycles. The fourth-order valence-electron chi connectivity index (χ4n) is 1.74. The molecule has 0 aromatic carbocycles. The van der Waals surface area contributed by atoms with Gasteiger partial charge in [-0.15, -0.1) is 12.6 Å². The molecule has 0 aromatic rings. The zero-order chi connectivity index (χ0) is 13.7. The van der Waals surface area contributed by atoms with Crippen LogP contribution in [0.1, 0.15) is 34.1 Å². The molecule has 0 unspecified atom stereocenters. The first kappa shape index (κ1) is 16.6. The number of hydrogen-bond donors (Lipinski definition) is 3. The van der Waals surface area contributed by atoms with Crippen LogP contribution in [0.15, 0.2) is 0 Å². The lowest BCUT2D eigenvalue weighted by Gasteiger charge is -2.28. The summed E-state index contributed by atoms with van der Waals surface area (Å²) in [5, 5.41) is 19.1. The minimum atomic E-state index is -0.951. The van der Waals surface area contributed by atoms with Gasteiger partial charge in [-0.05, 0) is 13.3 Å². The molecule has 0 spiro atoms. The van der Waals surface area contributed by atoms with Gasteiger partial charge < -0.3 is 10.2 Å². The molecule has 0 aliphatic heterocycles. The van der Waals surface area contributed by atoms with Crippen LogP contribution in [-0.2, 0) is 9.59 Å². The summed E-state index contributed by atoms with van der Waals surface area (Å²) >= 11 is 3.62. The molecule has 0 saturated heterocycles. The van der Waals surface area contributed by atoms with Crippen LogP contribution in [0, 0.1) is 17.8 Å². The predicted molar refractivity (Wildman–Crippen MR) is 68.8 cm³/mol. The Morgan fingerprint density at radius 2 is 1.65 bits per heavy atom. The van der Waals surface area contributed by atoms with Gasteiger partial charge in [0.1, 0.15) is 5.78 Å². The Kier molecular flexibility index (Phi) is 6.97. The summed E-state index contributed by atoms with van der Waals surface area (Å²) in [4.78, 5) is 22.8. The van der Waals surface area contributed by atoms with E-state index in [0.717, 1.165) is 0 Å². The Morgan fingerprint density at radius 1 is 1.18 bits per heavy atom. The monoisotopic (exact) mass is 262 g/mol. The minimum absolute atomic E-state index is 0.340. The second kappa shape index (κ2) is 7.13. The van der Waals surface area contributed by atoms with Crippen molar-refractivity contribution >= 4 is 23.5 Å². The van der Waals surface area contributed by atoms with Gasteiger partial charge in [0.15, 0.2) is 5.12 Å². The second-order valence-corrected chi connectivity index (χ2v) is 5.02. The van der Waals surface area contributed by atoms with Crippen molar-refractivity contribution < 1.29 is 19.8 Å². The molecule has 0 aromatic heterocycles. The SMILES string of the molecule is CC[C@@H](O)[C@H](C)[C@H](O)[C@@H](C)C(=O)[C@H](C)C(=O)S.